The highest BCUT2D eigenvalue weighted by Gasteiger charge is 2.07. The van der Waals surface area contributed by atoms with Crippen LogP contribution in [0, 0.1) is 0 Å². The fourth-order valence-electron chi connectivity index (χ4n) is 1.75. The fourth-order valence-corrected chi connectivity index (χ4v) is 1.75. The molecule has 0 unspecified atom stereocenters. The van der Waals surface area contributed by atoms with Crippen molar-refractivity contribution in [2.75, 3.05) is 5.32 Å². The molecule has 1 aromatic rings. The average molecular weight is 305 g/mol. The van der Waals surface area contributed by atoms with Crippen molar-refractivity contribution >= 4 is 23.4 Å². The number of hydrogen-bond acceptors (Lipinski definition) is 3. The van der Waals surface area contributed by atoms with Crippen LogP contribution in [0.4, 0.5) is 5.69 Å². The molecule has 0 aliphatic heterocycles. The molecule has 22 heavy (non-hydrogen) atoms. The number of carbonyl (C=O) groups excluding carboxylic acids is 3. The first-order valence-electron chi connectivity index (χ1n) is 7.56. The van der Waals surface area contributed by atoms with Gasteiger partial charge in [-0.05, 0) is 30.7 Å². The van der Waals surface area contributed by atoms with E-state index in [1.807, 2.05) is 0 Å². The van der Waals surface area contributed by atoms with Gasteiger partial charge >= 0.3 is 0 Å². The van der Waals surface area contributed by atoms with E-state index in [2.05, 4.69) is 23.1 Å². The Kier molecular flexibility index (Phi) is 7.67. The molecule has 0 heterocycles. The largest absolute Gasteiger partial charge is 0.326 e. The smallest absolute Gasteiger partial charge is 0.269 e. The van der Waals surface area contributed by atoms with E-state index < -0.39 is 5.91 Å². The van der Waals surface area contributed by atoms with Gasteiger partial charge in [0.05, 0.1) is 0 Å². The van der Waals surface area contributed by atoms with Crippen LogP contribution >= 0.6 is 0 Å². The van der Waals surface area contributed by atoms with Crippen molar-refractivity contribution < 1.29 is 14.4 Å². The highest BCUT2D eigenvalue weighted by atomic mass is 16.2. The van der Waals surface area contributed by atoms with Crippen LogP contribution in [-0.2, 0) is 9.59 Å². The van der Waals surface area contributed by atoms with Crippen LogP contribution in [0.15, 0.2) is 24.3 Å². The minimum Gasteiger partial charge on any atom is -0.326 e. The van der Waals surface area contributed by atoms with Crippen molar-refractivity contribution in [1.82, 2.24) is 10.9 Å². The van der Waals surface area contributed by atoms with Crippen LogP contribution in [0.3, 0.4) is 0 Å². The van der Waals surface area contributed by atoms with Gasteiger partial charge in [-0.1, -0.05) is 26.7 Å². The van der Waals surface area contributed by atoms with Crippen molar-refractivity contribution in [3.8, 4) is 0 Å². The van der Waals surface area contributed by atoms with Gasteiger partial charge in [-0.3, -0.25) is 25.2 Å². The molecule has 6 heteroatoms. The molecule has 1 rings (SSSR count). The number of hydrogen-bond donors (Lipinski definition) is 3. The number of amides is 3. The molecule has 0 aromatic heterocycles. The lowest BCUT2D eigenvalue weighted by Crippen LogP contribution is -2.41. The zero-order valence-electron chi connectivity index (χ0n) is 13.1. The molecule has 3 N–H and O–H groups in total. The van der Waals surface area contributed by atoms with Gasteiger partial charge in [0.25, 0.3) is 5.91 Å². The Bertz CT molecular complexity index is 512. The second-order valence-electron chi connectivity index (χ2n) is 4.94. The van der Waals surface area contributed by atoms with E-state index >= 15 is 0 Å². The summed E-state index contributed by atoms with van der Waals surface area (Å²) in [5.74, 6) is -0.678. The number of unbranched alkanes of at least 4 members (excludes halogenated alkanes) is 2. The predicted molar refractivity (Wildman–Crippen MR) is 85.1 cm³/mol. The predicted octanol–water partition coefficient (Wildman–Crippen LogP) is 2.38. The van der Waals surface area contributed by atoms with E-state index in [4.69, 9.17) is 0 Å². The van der Waals surface area contributed by atoms with Gasteiger partial charge in [-0.25, -0.2) is 0 Å². The zero-order valence-corrected chi connectivity index (χ0v) is 13.1. The maximum absolute atomic E-state index is 11.9. The number of hydrazine groups is 1. The van der Waals surface area contributed by atoms with Crippen molar-refractivity contribution in [1.29, 1.82) is 0 Å². The van der Waals surface area contributed by atoms with Gasteiger partial charge in [-0.2, -0.15) is 0 Å². The van der Waals surface area contributed by atoms with E-state index in [-0.39, 0.29) is 11.8 Å². The fraction of sp³-hybridized carbons (Fsp3) is 0.438. The molecular formula is C16H23N3O3. The van der Waals surface area contributed by atoms with Crippen molar-refractivity contribution in [3.05, 3.63) is 29.8 Å². The van der Waals surface area contributed by atoms with E-state index in [0.29, 0.717) is 24.1 Å². The Balaban J connectivity index is 2.42. The lowest BCUT2D eigenvalue weighted by Gasteiger charge is -2.08. The second-order valence-corrected chi connectivity index (χ2v) is 4.94. The van der Waals surface area contributed by atoms with Gasteiger partial charge in [-0.15, -0.1) is 0 Å². The van der Waals surface area contributed by atoms with Crippen molar-refractivity contribution in [3.63, 3.8) is 0 Å². The van der Waals surface area contributed by atoms with Crippen molar-refractivity contribution in [2.24, 2.45) is 0 Å². The first kappa shape index (κ1) is 17.7. The van der Waals surface area contributed by atoms with Crippen molar-refractivity contribution in [2.45, 2.75) is 46.0 Å². The standard InChI is InChI=1S/C16H23N3O3/c1-3-5-6-7-15(21)18-19-16(22)12-8-10-13(11-9-12)17-14(20)4-2/h8-11H,3-7H2,1-2H3,(H,17,20)(H,18,21)(H,19,22). The van der Waals surface area contributed by atoms with E-state index in [1.165, 1.54) is 0 Å². The summed E-state index contributed by atoms with van der Waals surface area (Å²) in [4.78, 5) is 34.6. The Morgan fingerprint density at radius 2 is 1.59 bits per heavy atom. The summed E-state index contributed by atoms with van der Waals surface area (Å²) in [6.07, 6.45) is 3.64. The van der Waals surface area contributed by atoms with Crippen LogP contribution in [-0.4, -0.2) is 17.7 Å². The van der Waals surface area contributed by atoms with Gasteiger partial charge in [0.15, 0.2) is 0 Å². The minimum atomic E-state index is -0.391. The Morgan fingerprint density at radius 3 is 2.18 bits per heavy atom. The summed E-state index contributed by atoms with van der Waals surface area (Å²) in [7, 11) is 0. The van der Waals surface area contributed by atoms with Crippen LogP contribution in [0.5, 0.6) is 0 Å². The number of carbonyl (C=O) groups is 3. The monoisotopic (exact) mass is 305 g/mol. The van der Waals surface area contributed by atoms with Crippen LogP contribution in [0.1, 0.15) is 56.3 Å². The topological polar surface area (TPSA) is 87.3 Å². The van der Waals surface area contributed by atoms with Gasteiger partial charge < -0.3 is 5.32 Å². The summed E-state index contributed by atoms with van der Waals surface area (Å²) < 4.78 is 0. The van der Waals surface area contributed by atoms with E-state index in [0.717, 1.165) is 19.3 Å². The molecular weight excluding hydrogens is 282 g/mol. The molecule has 0 fully saturated rings. The van der Waals surface area contributed by atoms with Gasteiger partial charge in [0, 0.05) is 24.1 Å². The number of benzene rings is 1. The molecule has 0 radical (unpaired) electrons. The minimum absolute atomic E-state index is 0.0865. The number of nitrogens with one attached hydrogen (secondary N) is 3. The first-order valence-corrected chi connectivity index (χ1v) is 7.56. The summed E-state index contributed by atoms with van der Waals surface area (Å²) >= 11 is 0. The third-order valence-corrected chi connectivity index (χ3v) is 3.07. The SMILES string of the molecule is CCCCCC(=O)NNC(=O)c1ccc(NC(=O)CC)cc1. The molecule has 0 spiro atoms. The first-order chi connectivity index (χ1) is 10.6. The van der Waals surface area contributed by atoms with Gasteiger partial charge in [0.2, 0.25) is 11.8 Å². The van der Waals surface area contributed by atoms with E-state index in [1.54, 1.807) is 31.2 Å². The van der Waals surface area contributed by atoms with Gasteiger partial charge in [0.1, 0.15) is 0 Å². The molecule has 0 aliphatic carbocycles. The molecule has 6 nitrogen and oxygen atoms in total. The quantitative estimate of drug-likeness (QED) is 0.534. The number of anilines is 1. The molecule has 0 saturated carbocycles. The maximum Gasteiger partial charge on any atom is 0.269 e. The molecule has 0 saturated heterocycles. The summed E-state index contributed by atoms with van der Waals surface area (Å²) in [6.45, 7) is 3.83. The lowest BCUT2D eigenvalue weighted by atomic mass is 10.2. The Hall–Kier alpha value is -2.37. The second kappa shape index (κ2) is 9.55. The Morgan fingerprint density at radius 1 is 0.909 bits per heavy atom. The third-order valence-electron chi connectivity index (χ3n) is 3.07. The average Bonchev–Trinajstić information content (AvgIpc) is 2.53. The van der Waals surface area contributed by atoms with E-state index in [9.17, 15) is 14.4 Å². The zero-order chi connectivity index (χ0) is 16.4. The van der Waals surface area contributed by atoms with Crippen LogP contribution in [0.25, 0.3) is 0 Å². The summed E-state index contributed by atoms with van der Waals surface area (Å²) in [5, 5.41) is 2.70. The lowest BCUT2D eigenvalue weighted by molar-refractivity contribution is -0.122. The summed E-state index contributed by atoms with van der Waals surface area (Å²) in [5.41, 5.74) is 5.80. The highest BCUT2D eigenvalue weighted by molar-refractivity contribution is 5.96. The number of rotatable bonds is 7. The van der Waals surface area contributed by atoms with Crippen LogP contribution in [0.2, 0.25) is 0 Å². The highest BCUT2D eigenvalue weighted by Crippen LogP contribution is 2.09. The molecule has 0 bridgehead atoms. The maximum atomic E-state index is 11.9. The molecule has 0 aliphatic rings. The molecule has 1 aromatic carbocycles. The van der Waals surface area contributed by atoms with Crippen LogP contribution < -0.4 is 16.2 Å². The molecule has 0 atom stereocenters. The Labute approximate surface area is 130 Å². The summed E-state index contributed by atoms with van der Waals surface area (Å²) in [6, 6.07) is 6.46. The normalized spacial score (nSPS) is 9.91. The molecule has 120 valence electrons. The third kappa shape index (κ3) is 6.39. The molecule has 3 amide bonds.